The number of hydrogen-bond acceptors (Lipinski definition) is 6. The summed E-state index contributed by atoms with van der Waals surface area (Å²) in [4.78, 5) is 31.0. The molecule has 1 aromatic heterocycles. The van der Waals surface area contributed by atoms with Crippen LogP contribution >= 0.6 is 22.9 Å². The molecule has 0 unspecified atom stereocenters. The van der Waals surface area contributed by atoms with Crippen molar-refractivity contribution in [3.05, 3.63) is 62.8 Å². The molecular weight excluding hydrogens is 546 g/mol. The van der Waals surface area contributed by atoms with Crippen LogP contribution in [0.4, 0.5) is 4.79 Å². The summed E-state index contributed by atoms with van der Waals surface area (Å²) in [5.74, 6) is -0.104. The first kappa shape index (κ1) is 26.9. The second kappa shape index (κ2) is 10.1. The average Bonchev–Trinajstić information content (AvgIpc) is 3.30. The van der Waals surface area contributed by atoms with Crippen LogP contribution in [-0.4, -0.2) is 72.8 Å². The lowest BCUT2D eigenvalue weighted by molar-refractivity contribution is 0.0226. The van der Waals surface area contributed by atoms with Crippen molar-refractivity contribution in [2.45, 2.75) is 44.2 Å². The van der Waals surface area contributed by atoms with Crippen LogP contribution in [0.15, 0.2) is 47.4 Å². The van der Waals surface area contributed by atoms with Crippen LogP contribution in [-0.2, 0) is 27.7 Å². The molecule has 2 aromatic carbocycles. The first-order valence-electron chi connectivity index (χ1n) is 12.5. The van der Waals surface area contributed by atoms with Crippen LogP contribution in [0, 0.1) is 0 Å². The number of amides is 2. The van der Waals surface area contributed by atoms with Crippen molar-refractivity contribution < 1.29 is 22.7 Å². The zero-order valence-corrected chi connectivity index (χ0v) is 24.0. The van der Waals surface area contributed by atoms with Gasteiger partial charge in [-0.15, -0.1) is 11.3 Å². The van der Waals surface area contributed by atoms with E-state index in [1.807, 2.05) is 26.8 Å². The molecule has 0 radical (unpaired) electrons. The molecule has 1 fully saturated rings. The fourth-order valence-corrected chi connectivity index (χ4v) is 7.53. The van der Waals surface area contributed by atoms with Gasteiger partial charge in [-0.05, 0) is 73.9 Å². The van der Waals surface area contributed by atoms with Crippen LogP contribution in [0.2, 0.25) is 5.02 Å². The van der Waals surface area contributed by atoms with Crippen LogP contribution in [0.1, 0.15) is 40.9 Å². The largest absolute Gasteiger partial charge is 0.444 e. The van der Waals surface area contributed by atoms with E-state index < -0.39 is 15.6 Å². The molecule has 38 heavy (non-hydrogen) atoms. The Kier molecular flexibility index (Phi) is 7.19. The second-order valence-electron chi connectivity index (χ2n) is 10.6. The third-order valence-electron chi connectivity index (χ3n) is 6.68. The molecule has 5 rings (SSSR count). The molecule has 0 spiro atoms. The average molecular weight is 576 g/mol. The van der Waals surface area contributed by atoms with E-state index in [1.54, 1.807) is 46.2 Å². The number of carbonyl (C=O) groups is 2. The standard InChI is InChI=1S/C27H30ClN3O5S2/c1-27(2,3)36-26(33)30-9-8-20-16-23(37-24(20)17-30)25(32)29-10-12-31(13-11-29)38(34,35)22-7-5-18-14-21(28)6-4-19(18)15-22/h4-7,14-16H,8-13,17H2,1-3H3. The van der Waals surface area contributed by atoms with Crippen LogP contribution in [0.3, 0.4) is 0 Å². The molecule has 0 bridgehead atoms. The molecule has 0 saturated carbocycles. The third kappa shape index (κ3) is 5.54. The van der Waals surface area contributed by atoms with Crippen molar-refractivity contribution in [2.24, 2.45) is 0 Å². The highest BCUT2D eigenvalue weighted by Crippen LogP contribution is 2.31. The number of rotatable bonds is 3. The van der Waals surface area contributed by atoms with E-state index in [0.717, 1.165) is 21.2 Å². The topological polar surface area (TPSA) is 87.2 Å². The minimum absolute atomic E-state index is 0.104. The van der Waals surface area contributed by atoms with Gasteiger partial charge < -0.3 is 14.5 Å². The summed E-state index contributed by atoms with van der Waals surface area (Å²) in [6.07, 6.45) is 0.319. The molecule has 2 amide bonds. The molecule has 3 heterocycles. The van der Waals surface area contributed by atoms with E-state index in [9.17, 15) is 18.0 Å². The van der Waals surface area contributed by atoms with Crippen LogP contribution in [0.25, 0.3) is 10.8 Å². The Balaban J connectivity index is 1.23. The third-order valence-corrected chi connectivity index (χ3v) is 9.96. The molecule has 8 nitrogen and oxygen atoms in total. The lowest BCUT2D eigenvalue weighted by Crippen LogP contribution is -2.50. The number of carbonyl (C=O) groups excluding carboxylic acids is 2. The Bertz CT molecular complexity index is 1500. The quantitative estimate of drug-likeness (QED) is 0.439. The van der Waals surface area contributed by atoms with Crippen molar-refractivity contribution in [3.63, 3.8) is 0 Å². The summed E-state index contributed by atoms with van der Waals surface area (Å²) in [6, 6.07) is 12.3. The summed E-state index contributed by atoms with van der Waals surface area (Å²) in [6.45, 7) is 7.56. The first-order valence-corrected chi connectivity index (χ1v) is 15.1. The molecule has 11 heteroatoms. The summed E-state index contributed by atoms with van der Waals surface area (Å²) >= 11 is 7.44. The number of thiophene rings is 1. The number of piperazine rings is 1. The highest BCUT2D eigenvalue weighted by Gasteiger charge is 2.33. The maximum Gasteiger partial charge on any atom is 0.410 e. The predicted octanol–water partition coefficient (Wildman–Crippen LogP) is 4.99. The molecule has 1 saturated heterocycles. The summed E-state index contributed by atoms with van der Waals surface area (Å²) in [5.41, 5.74) is 0.517. The van der Waals surface area contributed by atoms with Gasteiger partial charge in [-0.25, -0.2) is 13.2 Å². The van der Waals surface area contributed by atoms with Gasteiger partial charge in [0.25, 0.3) is 5.91 Å². The fourth-order valence-electron chi connectivity index (χ4n) is 4.70. The fraction of sp³-hybridized carbons (Fsp3) is 0.407. The zero-order chi connectivity index (χ0) is 27.2. The number of ether oxygens (including phenoxy) is 1. The highest BCUT2D eigenvalue weighted by molar-refractivity contribution is 7.89. The summed E-state index contributed by atoms with van der Waals surface area (Å²) in [5, 5.41) is 2.27. The minimum atomic E-state index is -3.69. The van der Waals surface area contributed by atoms with Gasteiger partial charge in [-0.3, -0.25) is 4.79 Å². The van der Waals surface area contributed by atoms with E-state index in [-0.39, 0.29) is 30.0 Å². The van der Waals surface area contributed by atoms with Gasteiger partial charge in [0.2, 0.25) is 10.0 Å². The molecule has 202 valence electrons. The molecule has 3 aromatic rings. The van der Waals surface area contributed by atoms with Crippen molar-refractivity contribution in [2.75, 3.05) is 32.7 Å². The molecular formula is C27H30ClN3O5S2. The Morgan fingerprint density at radius 3 is 2.32 bits per heavy atom. The van der Waals surface area contributed by atoms with Crippen molar-refractivity contribution >= 4 is 55.7 Å². The van der Waals surface area contributed by atoms with Gasteiger partial charge >= 0.3 is 6.09 Å². The number of hydrogen-bond donors (Lipinski definition) is 0. The van der Waals surface area contributed by atoms with Gasteiger partial charge in [0.1, 0.15) is 5.60 Å². The summed E-state index contributed by atoms with van der Waals surface area (Å²) in [7, 11) is -3.69. The molecule has 2 aliphatic rings. The Labute approximate surface area is 231 Å². The molecule has 0 N–H and O–H groups in total. The monoisotopic (exact) mass is 575 g/mol. The molecule has 0 aliphatic carbocycles. The van der Waals surface area contributed by atoms with Crippen LogP contribution < -0.4 is 0 Å². The zero-order valence-electron chi connectivity index (χ0n) is 21.6. The van der Waals surface area contributed by atoms with Crippen molar-refractivity contribution in [3.8, 4) is 0 Å². The Morgan fingerprint density at radius 2 is 1.61 bits per heavy atom. The lowest BCUT2D eigenvalue weighted by Gasteiger charge is -2.33. The van der Waals surface area contributed by atoms with Gasteiger partial charge in [-0.1, -0.05) is 23.7 Å². The number of benzene rings is 2. The SMILES string of the molecule is CC(C)(C)OC(=O)N1CCc2cc(C(=O)N3CCN(S(=O)(=O)c4ccc5cc(Cl)ccc5c4)CC3)sc2C1. The summed E-state index contributed by atoms with van der Waals surface area (Å²) < 4.78 is 33.5. The normalized spacial score (nSPS) is 16.9. The maximum absolute atomic E-state index is 13.3. The van der Waals surface area contributed by atoms with Crippen molar-refractivity contribution in [1.82, 2.24) is 14.1 Å². The minimum Gasteiger partial charge on any atom is -0.444 e. The van der Waals surface area contributed by atoms with Crippen LogP contribution in [0.5, 0.6) is 0 Å². The number of nitrogens with zero attached hydrogens (tertiary/aromatic N) is 3. The van der Waals surface area contributed by atoms with E-state index in [1.165, 1.54) is 15.6 Å². The maximum atomic E-state index is 13.3. The van der Waals surface area contributed by atoms with Crippen molar-refractivity contribution in [1.29, 1.82) is 0 Å². The molecule has 0 atom stereocenters. The predicted molar refractivity (Wildman–Crippen MR) is 148 cm³/mol. The lowest BCUT2D eigenvalue weighted by atomic mass is 10.1. The van der Waals surface area contributed by atoms with E-state index in [0.29, 0.717) is 42.5 Å². The first-order chi connectivity index (χ1) is 17.9. The second-order valence-corrected chi connectivity index (χ2v) is 14.1. The number of sulfonamides is 1. The van der Waals surface area contributed by atoms with E-state index in [2.05, 4.69) is 0 Å². The smallest absolute Gasteiger partial charge is 0.410 e. The highest BCUT2D eigenvalue weighted by atomic mass is 35.5. The van der Waals surface area contributed by atoms with E-state index in [4.69, 9.17) is 16.3 Å². The van der Waals surface area contributed by atoms with Gasteiger partial charge in [0.15, 0.2) is 0 Å². The molecule has 2 aliphatic heterocycles. The van der Waals surface area contributed by atoms with Gasteiger partial charge in [0.05, 0.1) is 16.3 Å². The van der Waals surface area contributed by atoms with Gasteiger partial charge in [-0.2, -0.15) is 4.31 Å². The number of fused-ring (bicyclic) bond motifs is 2. The van der Waals surface area contributed by atoms with Gasteiger partial charge in [0, 0.05) is 42.6 Å². The number of halogens is 1. The Morgan fingerprint density at radius 1 is 0.921 bits per heavy atom. The van der Waals surface area contributed by atoms with E-state index >= 15 is 0 Å². The Hall–Kier alpha value is -2.66.